The van der Waals surface area contributed by atoms with Gasteiger partial charge < -0.3 is 9.80 Å². The van der Waals surface area contributed by atoms with Gasteiger partial charge in [-0.1, -0.05) is 12.1 Å². The lowest BCUT2D eigenvalue weighted by Gasteiger charge is -2.28. The molecule has 6 nitrogen and oxygen atoms in total. The molecular formula is C29H33N5O. The van der Waals surface area contributed by atoms with Crippen molar-refractivity contribution in [2.45, 2.75) is 38.6 Å². The summed E-state index contributed by atoms with van der Waals surface area (Å²) in [4.78, 5) is 18.0. The van der Waals surface area contributed by atoms with E-state index in [-0.39, 0.29) is 5.56 Å². The number of likely N-dealkylation sites (tertiary alicyclic amines) is 1. The van der Waals surface area contributed by atoms with Crippen LogP contribution < -0.4 is 10.5 Å². The van der Waals surface area contributed by atoms with E-state index in [4.69, 9.17) is 0 Å². The van der Waals surface area contributed by atoms with Gasteiger partial charge in [-0.05, 0) is 92.7 Å². The fraction of sp³-hybridized carbons (Fsp3) is 0.379. The molecule has 6 rings (SSSR count). The van der Waals surface area contributed by atoms with Crippen molar-refractivity contribution in [1.29, 1.82) is 0 Å². The second-order valence-electron chi connectivity index (χ2n) is 9.88. The summed E-state index contributed by atoms with van der Waals surface area (Å²) in [5.74, 6) is 0. The summed E-state index contributed by atoms with van der Waals surface area (Å²) in [6, 6.07) is 18.6. The molecule has 0 N–H and O–H groups in total. The molecule has 180 valence electrons. The van der Waals surface area contributed by atoms with E-state index in [0.717, 1.165) is 53.9 Å². The van der Waals surface area contributed by atoms with E-state index in [1.165, 1.54) is 50.9 Å². The van der Waals surface area contributed by atoms with E-state index >= 15 is 0 Å². The molecule has 0 spiro atoms. The van der Waals surface area contributed by atoms with E-state index in [1.54, 1.807) is 10.6 Å². The Bertz CT molecular complexity index is 1360. The molecule has 0 bridgehead atoms. The molecule has 2 aliphatic heterocycles. The number of aromatic nitrogens is 3. The highest BCUT2D eigenvalue weighted by Crippen LogP contribution is 2.25. The summed E-state index contributed by atoms with van der Waals surface area (Å²) < 4.78 is 3.80. The molecule has 35 heavy (non-hydrogen) atoms. The highest BCUT2D eigenvalue weighted by atomic mass is 16.1. The molecule has 2 fully saturated rings. The van der Waals surface area contributed by atoms with Gasteiger partial charge in [-0.15, -0.1) is 0 Å². The van der Waals surface area contributed by atoms with Crippen molar-refractivity contribution in [1.82, 2.24) is 19.2 Å². The van der Waals surface area contributed by atoms with Crippen LogP contribution in [0.15, 0.2) is 71.8 Å². The zero-order valence-electron chi connectivity index (χ0n) is 20.3. The fourth-order valence-corrected chi connectivity index (χ4v) is 5.53. The Balaban J connectivity index is 1.20. The summed E-state index contributed by atoms with van der Waals surface area (Å²) >= 11 is 0. The van der Waals surface area contributed by atoms with Crippen molar-refractivity contribution < 1.29 is 0 Å². The van der Waals surface area contributed by atoms with E-state index in [2.05, 4.69) is 56.0 Å². The molecule has 0 radical (unpaired) electrons. The largest absolute Gasteiger partial charge is 0.372 e. The van der Waals surface area contributed by atoms with Gasteiger partial charge in [0, 0.05) is 48.7 Å². The molecule has 0 amide bonds. The minimum atomic E-state index is -0.0246. The van der Waals surface area contributed by atoms with Gasteiger partial charge in [-0.2, -0.15) is 5.10 Å². The van der Waals surface area contributed by atoms with Crippen molar-refractivity contribution in [3.05, 3.63) is 77.3 Å². The Morgan fingerprint density at radius 1 is 0.714 bits per heavy atom. The molecule has 6 heteroatoms. The maximum atomic E-state index is 13.0. The number of anilines is 1. The number of fused-ring (bicyclic) bond motifs is 1. The molecule has 4 aromatic rings. The topological polar surface area (TPSA) is 46.3 Å². The Labute approximate surface area is 206 Å². The smallest absolute Gasteiger partial charge is 0.255 e. The molecule has 2 aromatic carbocycles. The first-order chi connectivity index (χ1) is 17.2. The molecule has 2 saturated heterocycles. The van der Waals surface area contributed by atoms with Crippen LogP contribution in [0.25, 0.3) is 27.7 Å². The SMILES string of the molecule is O=c1cc(-c2ccc(N3CCCCC3)cc2)ccn1-c1ccc2c(cnn2CCN2CCCC2)c1. The molecule has 0 atom stereocenters. The molecule has 0 saturated carbocycles. The van der Waals surface area contributed by atoms with Crippen LogP contribution in [-0.4, -0.2) is 52.0 Å². The minimum Gasteiger partial charge on any atom is -0.372 e. The van der Waals surface area contributed by atoms with Crippen LogP contribution >= 0.6 is 0 Å². The number of benzene rings is 2. The number of hydrogen-bond donors (Lipinski definition) is 0. The van der Waals surface area contributed by atoms with Crippen LogP contribution in [0.1, 0.15) is 32.1 Å². The van der Waals surface area contributed by atoms with Gasteiger partial charge in [-0.25, -0.2) is 0 Å². The normalized spacial score (nSPS) is 16.9. The average molecular weight is 468 g/mol. The lowest BCUT2D eigenvalue weighted by atomic mass is 10.1. The van der Waals surface area contributed by atoms with Gasteiger partial charge in [0.2, 0.25) is 0 Å². The molecule has 2 aliphatic rings. The van der Waals surface area contributed by atoms with Crippen LogP contribution in [0.3, 0.4) is 0 Å². The van der Waals surface area contributed by atoms with Crippen molar-refractivity contribution in [2.75, 3.05) is 37.6 Å². The van der Waals surface area contributed by atoms with E-state index in [0.29, 0.717) is 0 Å². The number of hydrogen-bond acceptors (Lipinski definition) is 4. The summed E-state index contributed by atoms with van der Waals surface area (Å²) in [5, 5.41) is 5.67. The van der Waals surface area contributed by atoms with E-state index in [9.17, 15) is 4.79 Å². The van der Waals surface area contributed by atoms with Crippen molar-refractivity contribution >= 4 is 16.6 Å². The molecular weight excluding hydrogens is 434 g/mol. The Morgan fingerprint density at radius 2 is 1.46 bits per heavy atom. The second kappa shape index (κ2) is 9.70. The molecule has 0 aliphatic carbocycles. The number of nitrogens with zero attached hydrogens (tertiary/aromatic N) is 5. The van der Waals surface area contributed by atoms with Crippen LogP contribution in [0, 0.1) is 0 Å². The maximum Gasteiger partial charge on any atom is 0.255 e. The van der Waals surface area contributed by atoms with Crippen molar-refractivity contribution in [3.63, 3.8) is 0 Å². The second-order valence-corrected chi connectivity index (χ2v) is 9.88. The van der Waals surface area contributed by atoms with Crippen molar-refractivity contribution in [3.8, 4) is 16.8 Å². The molecule has 2 aromatic heterocycles. The third-order valence-electron chi connectivity index (χ3n) is 7.57. The third kappa shape index (κ3) is 4.63. The zero-order chi connectivity index (χ0) is 23.6. The van der Waals surface area contributed by atoms with E-state index < -0.39 is 0 Å². The predicted octanol–water partition coefficient (Wildman–Crippen LogP) is 4.94. The Morgan fingerprint density at radius 3 is 2.23 bits per heavy atom. The first-order valence-corrected chi connectivity index (χ1v) is 13.0. The third-order valence-corrected chi connectivity index (χ3v) is 7.57. The van der Waals surface area contributed by atoms with Crippen LogP contribution in [-0.2, 0) is 6.54 Å². The van der Waals surface area contributed by atoms with Gasteiger partial charge in [-0.3, -0.25) is 14.0 Å². The van der Waals surface area contributed by atoms with Gasteiger partial charge in [0.15, 0.2) is 0 Å². The average Bonchev–Trinajstić information content (AvgIpc) is 3.57. The Kier molecular flexibility index (Phi) is 6.13. The first kappa shape index (κ1) is 22.1. The summed E-state index contributed by atoms with van der Waals surface area (Å²) in [7, 11) is 0. The van der Waals surface area contributed by atoms with Crippen LogP contribution in [0.5, 0.6) is 0 Å². The highest BCUT2D eigenvalue weighted by Gasteiger charge is 2.13. The number of rotatable bonds is 6. The van der Waals surface area contributed by atoms with Gasteiger partial charge in [0.1, 0.15) is 0 Å². The number of piperidine rings is 1. The van der Waals surface area contributed by atoms with Crippen LogP contribution in [0.4, 0.5) is 5.69 Å². The minimum absolute atomic E-state index is 0.0246. The van der Waals surface area contributed by atoms with Crippen LogP contribution in [0.2, 0.25) is 0 Å². The summed E-state index contributed by atoms with van der Waals surface area (Å²) in [6.07, 6.45) is 10.3. The van der Waals surface area contributed by atoms with Gasteiger partial charge >= 0.3 is 0 Å². The maximum absolute atomic E-state index is 13.0. The van der Waals surface area contributed by atoms with E-state index in [1.807, 2.05) is 24.5 Å². The van der Waals surface area contributed by atoms with Crippen molar-refractivity contribution in [2.24, 2.45) is 0 Å². The summed E-state index contributed by atoms with van der Waals surface area (Å²) in [5.41, 5.74) is 5.26. The Hall–Kier alpha value is -3.38. The quantitative estimate of drug-likeness (QED) is 0.403. The number of pyridine rings is 1. The zero-order valence-corrected chi connectivity index (χ0v) is 20.3. The first-order valence-electron chi connectivity index (χ1n) is 13.0. The highest BCUT2D eigenvalue weighted by molar-refractivity contribution is 5.81. The van der Waals surface area contributed by atoms with Gasteiger partial charge in [0.05, 0.1) is 18.3 Å². The fourth-order valence-electron chi connectivity index (χ4n) is 5.53. The van der Waals surface area contributed by atoms with Gasteiger partial charge in [0.25, 0.3) is 5.56 Å². The summed E-state index contributed by atoms with van der Waals surface area (Å²) in [6.45, 7) is 6.61. The molecule has 4 heterocycles. The predicted molar refractivity (Wildman–Crippen MR) is 143 cm³/mol. The molecule has 0 unspecified atom stereocenters. The standard InChI is InChI=1S/C29H33N5O/c35-29-21-24(23-6-8-26(9-7-23)32-15-2-1-3-16-32)12-17-33(29)27-10-11-28-25(20-27)22-30-34(28)19-18-31-13-4-5-14-31/h6-12,17,20-22H,1-5,13-16,18-19H2. The monoisotopic (exact) mass is 467 g/mol. The lowest BCUT2D eigenvalue weighted by molar-refractivity contribution is 0.318. The lowest BCUT2D eigenvalue weighted by Crippen LogP contribution is -2.29.